The molecule has 0 saturated heterocycles. The van der Waals surface area contributed by atoms with E-state index in [0.29, 0.717) is 5.89 Å². The first kappa shape index (κ1) is 11.4. The molecule has 2 aromatic heterocycles. The second-order valence-electron chi connectivity index (χ2n) is 5.26. The predicted octanol–water partition coefficient (Wildman–Crippen LogP) is 2.40. The molecule has 5 heteroatoms. The van der Waals surface area contributed by atoms with Gasteiger partial charge in [0.2, 0.25) is 5.89 Å². The Hall–Kier alpha value is -1.65. The Morgan fingerprint density at radius 3 is 2.83 bits per heavy atom. The number of rotatable bonds is 4. The molecule has 18 heavy (non-hydrogen) atoms. The summed E-state index contributed by atoms with van der Waals surface area (Å²) in [5.74, 6) is 1.68. The molecule has 2 heterocycles. The number of hydrogen-bond acceptors (Lipinski definition) is 4. The molecule has 1 atom stereocenters. The molecular formula is C13H18N4O. The highest BCUT2D eigenvalue weighted by atomic mass is 16.5. The Kier molecular flexibility index (Phi) is 2.50. The van der Waals surface area contributed by atoms with Gasteiger partial charge < -0.3 is 4.52 Å². The number of nitrogens with zero attached hydrogens (tertiary/aromatic N) is 4. The molecule has 1 aliphatic carbocycles. The largest absolute Gasteiger partial charge is 0.339 e. The van der Waals surface area contributed by atoms with E-state index in [4.69, 9.17) is 4.52 Å². The van der Waals surface area contributed by atoms with E-state index in [2.05, 4.69) is 29.1 Å². The highest BCUT2D eigenvalue weighted by molar-refractivity contribution is 5.21. The van der Waals surface area contributed by atoms with Crippen LogP contribution in [0.4, 0.5) is 0 Å². The van der Waals surface area contributed by atoms with Crippen molar-refractivity contribution in [3.05, 3.63) is 29.7 Å². The van der Waals surface area contributed by atoms with Crippen LogP contribution in [0.25, 0.3) is 0 Å². The summed E-state index contributed by atoms with van der Waals surface area (Å²) in [5.41, 5.74) is 1.31. The van der Waals surface area contributed by atoms with Gasteiger partial charge in [-0.25, -0.2) is 0 Å². The van der Waals surface area contributed by atoms with E-state index >= 15 is 0 Å². The average molecular weight is 246 g/mol. The first-order valence-electron chi connectivity index (χ1n) is 6.47. The molecule has 5 nitrogen and oxygen atoms in total. The van der Waals surface area contributed by atoms with Crippen molar-refractivity contribution >= 4 is 0 Å². The van der Waals surface area contributed by atoms with Crippen LogP contribution < -0.4 is 0 Å². The Bertz CT molecular complexity index is 553. The monoisotopic (exact) mass is 246 g/mol. The third kappa shape index (κ3) is 1.74. The van der Waals surface area contributed by atoms with Crippen molar-refractivity contribution in [2.75, 3.05) is 0 Å². The van der Waals surface area contributed by atoms with Gasteiger partial charge in [-0.05, 0) is 26.2 Å². The molecule has 0 bridgehead atoms. The van der Waals surface area contributed by atoms with E-state index in [-0.39, 0.29) is 11.3 Å². The fourth-order valence-electron chi connectivity index (χ4n) is 2.32. The lowest BCUT2D eigenvalue weighted by Gasteiger charge is -2.04. The maximum Gasteiger partial charge on any atom is 0.234 e. The summed E-state index contributed by atoms with van der Waals surface area (Å²) in [7, 11) is 1.91. The van der Waals surface area contributed by atoms with Crippen molar-refractivity contribution in [1.82, 2.24) is 19.9 Å². The molecule has 3 rings (SSSR count). The summed E-state index contributed by atoms with van der Waals surface area (Å²) in [4.78, 5) is 4.59. The van der Waals surface area contributed by atoms with E-state index in [0.717, 1.165) is 17.8 Å². The molecular weight excluding hydrogens is 228 g/mol. The lowest BCUT2D eigenvalue weighted by Crippen LogP contribution is -2.07. The van der Waals surface area contributed by atoms with Crippen molar-refractivity contribution in [2.24, 2.45) is 7.05 Å². The zero-order valence-electron chi connectivity index (χ0n) is 11.1. The van der Waals surface area contributed by atoms with Crippen molar-refractivity contribution in [3.8, 4) is 0 Å². The molecule has 0 aliphatic heterocycles. The van der Waals surface area contributed by atoms with E-state index in [9.17, 15) is 0 Å². The normalized spacial score (nSPS) is 18.8. The third-order valence-electron chi connectivity index (χ3n) is 4.04. The van der Waals surface area contributed by atoms with Gasteiger partial charge in [0.25, 0.3) is 0 Å². The van der Waals surface area contributed by atoms with Gasteiger partial charge >= 0.3 is 0 Å². The van der Waals surface area contributed by atoms with Gasteiger partial charge in [-0.3, -0.25) is 4.68 Å². The van der Waals surface area contributed by atoms with Crippen LogP contribution in [0, 0.1) is 0 Å². The maximum atomic E-state index is 5.42. The fraction of sp³-hybridized carbons (Fsp3) is 0.615. The quantitative estimate of drug-likeness (QED) is 0.831. The third-order valence-corrected chi connectivity index (χ3v) is 4.04. The van der Waals surface area contributed by atoms with Crippen molar-refractivity contribution in [1.29, 1.82) is 0 Å². The summed E-state index contributed by atoms with van der Waals surface area (Å²) in [6, 6.07) is 0. The summed E-state index contributed by atoms with van der Waals surface area (Å²) in [6.45, 7) is 4.26. The molecule has 1 saturated carbocycles. The summed E-state index contributed by atoms with van der Waals surface area (Å²) >= 11 is 0. The molecule has 2 aromatic rings. The highest BCUT2D eigenvalue weighted by Gasteiger charge is 2.46. The zero-order valence-corrected chi connectivity index (χ0v) is 11.1. The second kappa shape index (κ2) is 3.93. The minimum atomic E-state index is 0.104. The summed E-state index contributed by atoms with van der Waals surface area (Å²) < 4.78 is 7.21. The molecule has 0 amide bonds. The minimum Gasteiger partial charge on any atom is -0.339 e. The number of aryl methyl sites for hydroxylation is 1. The summed E-state index contributed by atoms with van der Waals surface area (Å²) in [5, 5.41) is 8.34. The van der Waals surface area contributed by atoms with Crippen LogP contribution in [-0.2, 0) is 12.5 Å². The number of hydrogen-bond donors (Lipinski definition) is 0. The molecule has 0 radical (unpaired) electrons. The zero-order chi connectivity index (χ0) is 12.8. The van der Waals surface area contributed by atoms with Gasteiger partial charge in [-0.15, -0.1) is 0 Å². The topological polar surface area (TPSA) is 56.7 Å². The van der Waals surface area contributed by atoms with Crippen LogP contribution in [0.15, 0.2) is 16.9 Å². The van der Waals surface area contributed by atoms with Crippen molar-refractivity contribution in [3.63, 3.8) is 0 Å². The van der Waals surface area contributed by atoms with Crippen molar-refractivity contribution in [2.45, 2.75) is 44.4 Å². The predicted molar refractivity (Wildman–Crippen MR) is 66.2 cm³/mol. The molecule has 1 aliphatic rings. The highest BCUT2D eigenvalue weighted by Crippen LogP contribution is 2.49. The lowest BCUT2D eigenvalue weighted by atomic mass is 10.0. The van der Waals surface area contributed by atoms with Crippen molar-refractivity contribution < 1.29 is 4.52 Å². The van der Waals surface area contributed by atoms with Crippen LogP contribution in [0.2, 0.25) is 0 Å². The number of aromatic nitrogens is 4. The van der Waals surface area contributed by atoms with Gasteiger partial charge in [-0.1, -0.05) is 12.1 Å². The molecule has 0 aromatic carbocycles. The molecule has 1 fully saturated rings. The van der Waals surface area contributed by atoms with Gasteiger partial charge in [0, 0.05) is 24.2 Å². The van der Waals surface area contributed by atoms with Gasteiger partial charge in [0.05, 0.1) is 12.1 Å². The summed E-state index contributed by atoms with van der Waals surface area (Å²) in [6.07, 6.45) is 7.29. The van der Waals surface area contributed by atoms with Gasteiger partial charge in [0.1, 0.15) is 0 Å². The minimum absolute atomic E-state index is 0.104. The van der Waals surface area contributed by atoms with E-state index < -0.39 is 0 Å². The molecule has 96 valence electrons. The molecule has 1 unspecified atom stereocenters. The smallest absolute Gasteiger partial charge is 0.234 e. The fourth-order valence-corrected chi connectivity index (χ4v) is 2.32. The first-order chi connectivity index (χ1) is 8.64. The van der Waals surface area contributed by atoms with Gasteiger partial charge in [0.15, 0.2) is 5.82 Å². The van der Waals surface area contributed by atoms with Crippen LogP contribution >= 0.6 is 0 Å². The average Bonchev–Trinajstić information content (AvgIpc) is 2.82. The Labute approximate surface area is 106 Å². The standard InChI is InChI=1S/C13H18N4O/c1-4-13(5-6-13)12-15-11(18-16-12)9(2)10-7-14-17(3)8-10/h7-9H,4-6H2,1-3H3. The van der Waals surface area contributed by atoms with Crippen LogP contribution in [0.5, 0.6) is 0 Å². The first-order valence-corrected chi connectivity index (χ1v) is 6.47. The van der Waals surface area contributed by atoms with E-state index in [1.54, 1.807) is 4.68 Å². The second-order valence-corrected chi connectivity index (χ2v) is 5.26. The van der Waals surface area contributed by atoms with Crippen LogP contribution in [0.1, 0.15) is 56.3 Å². The van der Waals surface area contributed by atoms with Gasteiger partial charge in [-0.2, -0.15) is 10.1 Å². The SMILES string of the molecule is CCC1(c2noc(C(C)c3cnn(C)c3)n2)CC1. The van der Waals surface area contributed by atoms with E-state index in [1.165, 1.54) is 12.8 Å². The molecule has 0 N–H and O–H groups in total. The molecule has 0 spiro atoms. The Morgan fingerprint density at radius 1 is 1.50 bits per heavy atom. The lowest BCUT2D eigenvalue weighted by molar-refractivity contribution is 0.360. The van der Waals surface area contributed by atoms with Crippen LogP contribution in [-0.4, -0.2) is 19.9 Å². The maximum absolute atomic E-state index is 5.42. The van der Waals surface area contributed by atoms with E-state index in [1.807, 2.05) is 19.4 Å². The Balaban J connectivity index is 1.85. The Morgan fingerprint density at radius 2 is 2.28 bits per heavy atom. The van der Waals surface area contributed by atoms with Crippen LogP contribution in [0.3, 0.4) is 0 Å².